The van der Waals surface area contributed by atoms with Crippen molar-refractivity contribution in [3.05, 3.63) is 30.1 Å². The van der Waals surface area contributed by atoms with Crippen molar-refractivity contribution in [3.8, 4) is 0 Å². The van der Waals surface area contributed by atoms with Gasteiger partial charge in [-0.3, -0.25) is 0 Å². The molecule has 0 fully saturated rings. The monoisotopic (exact) mass is 261 g/mol. The van der Waals surface area contributed by atoms with E-state index in [1.165, 1.54) is 18.2 Å². The maximum Gasteiger partial charge on any atom is 0.240 e. The lowest BCUT2D eigenvalue weighted by atomic mass is 10.4. The normalized spacial score (nSPS) is 11.6. The summed E-state index contributed by atoms with van der Waals surface area (Å²) in [6, 6.07) is 4.91. The summed E-state index contributed by atoms with van der Waals surface area (Å²) in [7, 11) is -3.62. The minimum Gasteiger partial charge on any atom is -0.382 e. The summed E-state index contributed by atoms with van der Waals surface area (Å²) in [6.45, 7) is 3.26. The first kappa shape index (κ1) is 14.1. The van der Waals surface area contributed by atoms with Gasteiger partial charge in [-0.05, 0) is 31.5 Å². The largest absolute Gasteiger partial charge is 0.382 e. The first-order chi connectivity index (χ1) is 8.06. The molecule has 0 bridgehead atoms. The van der Waals surface area contributed by atoms with Gasteiger partial charge < -0.3 is 4.74 Å². The molecule has 0 unspecified atom stereocenters. The minimum atomic E-state index is -3.62. The van der Waals surface area contributed by atoms with E-state index in [0.717, 1.165) is 6.07 Å². The van der Waals surface area contributed by atoms with Crippen LogP contribution in [0, 0.1) is 5.82 Å². The molecule has 0 saturated heterocycles. The van der Waals surface area contributed by atoms with Crippen molar-refractivity contribution in [2.45, 2.75) is 18.2 Å². The van der Waals surface area contributed by atoms with E-state index in [0.29, 0.717) is 19.6 Å². The number of hydrogen-bond donors (Lipinski definition) is 1. The fourth-order valence-corrected chi connectivity index (χ4v) is 2.35. The smallest absolute Gasteiger partial charge is 0.240 e. The summed E-state index contributed by atoms with van der Waals surface area (Å²) < 4.78 is 43.7. The Bertz CT molecular complexity index is 448. The second kappa shape index (κ2) is 6.68. The van der Waals surface area contributed by atoms with E-state index < -0.39 is 15.8 Å². The lowest BCUT2D eigenvalue weighted by Gasteiger charge is -2.06. The molecule has 0 atom stereocenters. The average molecular weight is 261 g/mol. The number of sulfonamides is 1. The van der Waals surface area contributed by atoms with Crippen molar-refractivity contribution < 1.29 is 17.5 Å². The van der Waals surface area contributed by atoms with Crippen LogP contribution in [0.5, 0.6) is 0 Å². The molecule has 0 radical (unpaired) electrons. The van der Waals surface area contributed by atoms with Crippen LogP contribution in [0.25, 0.3) is 0 Å². The van der Waals surface area contributed by atoms with Crippen LogP contribution in [-0.2, 0) is 14.8 Å². The Morgan fingerprint density at radius 3 is 2.82 bits per heavy atom. The maximum absolute atomic E-state index is 12.9. The Morgan fingerprint density at radius 2 is 2.18 bits per heavy atom. The molecule has 0 aromatic heterocycles. The van der Waals surface area contributed by atoms with E-state index in [1.54, 1.807) is 0 Å². The second-order valence-electron chi connectivity index (χ2n) is 3.41. The summed E-state index contributed by atoms with van der Waals surface area (Å²) >= 11 is 0. The first-order valence-electron chi connectivity index (χ1n) is 5.39. The molecular formula is C11H16FNO3S. The molecule has 0 spiro atoms. The van der Waals surface area contributed by atoms with E-state index in [1.807, 2.05) is 6.92 Å². The van der Waals surface area contributed by atoms with Crippen LogP contribution in [0.1, 0.15) is 13.3 Å². The fraction of sp³-hybridized carbons (Fsp3) is 0.455. The van der Waals surface area contributed by atoms with Gasteiger partial charge in [-0.25, -0.2) is 17.5 Å². The van der Waals surface area contributed by atoms with E-state index >= 15 is 0 Å². The predicted molar refractivity (Wildman–Crippen MR) is 62.7 cm³/mol. The van der Waals surface area contributed by atoms with E-state index in [-0.39, 0.29) is 11.4 Å². The number of halogens is 1. The number of nitrogens with one attached hydrogen (secondary N) is 1. The molecule has 1 rings (SSSR count). The van der Waals surface area contributed by atoms with Crippen LogP contribution < -0.4 is 4.72 Å². The van der Waals surface area contributed by atoms with Gasteiger partial charge >= 0.3 is 0 Å². The maximum atomic E-state index is 12.9. The average Bonchev–Trinajstić information content (AvgIpc) is 2.29. The Labute approximate surface area is 101 Å². The third-order valence-electron chi connectivity index (χ3n) is 2.07. The summed E-state index contributed by atoms with van der Waals surface area (Å²) in [5.41, 5.74) is 0. The number of ether oxygens (including phenoxy) is 1. The second-order valence-corrected chi connectivity index (χ2v) is 5.17. The highest BCUT2D eigenvalue weighted by molar-refractivity contribution is 7.89. The van der Waals surface area contributed by atoms with Gasteiger partial charge in [-0.2, -0.15) is 0 Å². The van der Waals surface area contributed by atoms with Gasteiger partial charge in [0.05, 0.1) is 4.90 Å². The third-order valence-corrected chi connectivity index (χ3v) is 3.53. The molecule has 1 N–H and O–H groups in total. The standard InChI is InChI=1S/C11H16FNO3S/c1-2-16-8-4-7-13-17(14,15)11-6-3-5-10(12)9-11/h3,5-6,9,13H,2,4,7-8H2,1H3. The van der Waals surface area contributed by atoms with Crippen molar-refractivity contribution >= 4 is 10.0 Å². The fourth-order valence-electron chi connectivity index (χ4n) is 1.24. The number of hydrogen-bond acceptors (Lipinski definition) is 3. The van der Waals surface area contributed by atoms with Crippen LogP contribution in [0.3, 0.4) is 0 Å². The molecule has 0 aliphatic heterocycles. The van der Waals surface area contributed by atoms with Crippen LogP contribution in [0.2, 0.25) is 0 Å². The van der Waals surface area contributed by atoms with Gasteiger partial charge in [-0.1, -0.05) is 6.07 Å². The molecule has 1 aromatic rings. The minimum absolute atomic E-state index is 0.0612. The molecule has 96 valence electrons. The predicted octanol–water partition coefficient (Wildman–Crippen LogP) is 1.53. The summed E-state index contributed by atoms with van der Waals surface area (Å²) in [6.07, 6.45) is 0.586. The van der Waals surface area contributed by atoms with Gasteiger partial charge in [-0.15, -0.1) is 0 Å². The van der Waals surface area contributed by atoms with Gasteiger partial charge in [0.2, 0.25) is 10.0 Å². The Morgan fingerprint density at radius 1 is 1.41 bits per heavy atom. The molecular weight excluding hydrogens is 245 g/mol. The van der Waals surface area contributed by atoms with Gasteiger partial charge in [0.15, 0.2) is 0 Å². The molecule has 4 nitrogen and oxygen atoms in total. The van der Waals surface area contributed by atoms with E-state index in [2.05, 4.69) is 4.72 Å². The van der Waals surface area contributed by atoms with E-state index in [4.69, 9.17) is 4.74 Å². The third kappa shape index (κ3) is 4.80. The zero-order valence-electron chi connectivity index (χ0n) is 9.65. The zero-order chi connectivity index (χ0) is 12.7. The molecule has 1 aromatic carbocycles. The van der Waals surface area contributed by atoms with Crippen LogP contribution in [-0.4, -0.2) is 28.2 Å². The summed E-state index contributed by atoms with van der Waals surface area (Å²) in [5, 5.41) is 0. The molecule has 0 saturated carbocycles. The molecule has 0 heterocycles. The van der Waals surface area contributed by atoms with Crippen molar-refractivity contribution in [1.82, 2.24) is 4.72 Å². The number of rotatable bonds is 7. The summed E-state index contributed by atoms with van der Waals surface area (Å²) in [4.78, 5) is -0.0612. The lowest BCUT2D eigenvalue weighted by Crippen LogP contribution is -2.25. The molecule has 0 aliphatic rings. The summed E-state index contributed by atoms with van der Waals surface area (Å²) in [5.74, 6) is -0.567. The first-order valence-corrected chi connectivity index (χ1v) is 6.87. The van der Waals surface area contributed by atoms with Gasteiger partial charge in [0, 0.05) is 19.8 Å². The zero-order valence-corrected chi connectivity index (χ0v) is 10.5. The quantitative estimate of drug-likeness (QED) is 0.757. The molecule has 0 amide bonds. The topological polar surface area (TPSA) is 55.4 Å². The highest BCUT2D eigenvalue weighted by Gasteiger charge is 2.13. The highest BCUT2D eigenvalue weighted by Crippen LogP contribution is 2.09. The van der Waals surface area contributed by atoms with Crippen molar-refractivity contribution in [3.63, 3.8) is 0 Å². The van der Waals surface area contributed by atoms with Crippen LogP contribution in [0.15, 0.2) is 29.2 Å². The van der Waals surface area contributed by atoms with Crippen molar-refractivity contribution in [2.24, 2.45) is 0 Å². The number of benzene rings is 1. The Balaban J connectivity index is 2.51. The van der Waals surface area contributed by atoms with Gasteiger partial charge in [0.1, 0.15) is 5.82 Å². The molecule has 17 heavy (non-hydrogen) atoms. The lowest BCUT2D eigenvalue weighted by molar-refractivity contribution is 0.146. The molecule has 0 aliphatic carbocycles. The van der Waals surface area contributed by atoms with E-state index in [9.17, 15) is 12.8 Å². The Kier molecular flexibility index (Phi) is 5.54. The SMILES string of the molecule is CCOCCCNS(=O)(=O)c1cccc(F)c1. The van der Waals surface area contributed by atoms with Crippen LogP contribution in [0.4, 0.5) is 4.39 Å². The van der Waals surface area contributed by atoms with Crippen molar-refractivity contribution in [1.29, 1.82) is 0 Å². The van der Waals surface area contributed by atoms with Crippen molar-refractivity contribution in [2.75, 3.05) is 19.8 Å². The Hall–Kier alpha value is -0.980. The highest BCUT2D eigenvalue weighted by atomic mass is 32.2. The molecule has 6 heteroatoms. The van der Waals surface area contributed by atoms with Crippen LogP contribution >= 0.6 is 0 Å². The van der Waals surface area contributed by atoms with Gasteiger partial charge in [0.25, 0.3) is 0 Å².